The van der Waals surface area contributed by atoms with E-state index >= 15 is 0 Å². The molecule has 0 fully saturated rings. The fraction of sp³-hybridized carbons (Fsp3) is 0.176. The van der Waals surface area contributed by atoms with Crippen LogP contribution in [0, 0.1) is 6.92 Å². The predicted molar refractivity (Wildman–Crippen MR) is 91.7 cm³/mol. The number of rotatable bonds is 4. The highest BCUT2D eigenvalue weighted by molar-refractivity contribution is 9.10. The summed E-state index contributed by atoms with van der Waals surface area (Å²) in [6.45, 7) is 1.96. The molecule has 0 aliphatic carbocycles. The third kappa shape index (κ3) is 3.67. The third-order valence-electron chi connectivity index (χ3n) is 3.32. The smallest absolute Gasteiger partial charge is 0.125 e. The largest absolute Gasteiger partial charge is 0.496 e. The van der Waals surface area contributed by atoms with Crippen LogP contribution in [0.5, 0.6) is 5.75 Å². The lowest BCUT2D eigenvalue weighted by molar-refractivity contribution is 0.274. The molecule has 0 aliphatic heterocycles. The van der Waals surface area contributed by atoms with Gasteiger partial charge in [0, 0.05) is 15.1 Å². The van der Waals surface area contributed by atoms with Gasteiger partial charge in [0.05, 0.1) is 13.7 Å². The van der Waals surface area contributed by atoms with E-state index in [9.17, 15) is 5.11 Å². The van der Waals surface area contributed by atoms with Crippen LogP contribution in [0.15, 0.2) is 34.8 Å². The van der Waals surface area contributed by atoms with E-state index in [2.05, 4.69) is 22.9 Å². The van der Waals surface area contributed by atoms with Gasteiger partial charge in [0.25, 0.3) is 0 Å². The van der Waals surface area contributed by atoms with Gasteiger partial charge < -0.3 is 9.84 Å². The normalized spacial score (nSPS) is 11.1. The lowest BCUT2D eigenvalue weighted by Crippen LogP contribution is -1.93. The fourth-order valence-electron chi connectivity index (χ4n) is 2.04. The molecule has 0 saturated heterocycles. The maximum Gasteiger partial charge on any atom is 0.125 e. The monoisotopic (exact) mass is 366 g/mol. The highest BCUT2D eigenvalue weighted by atomic mass is 79.9. The Bertz CT molecular complexity index is 681. The van der Waals surface area contributed by atoms with E-state index in [1.165, 1.54) is 5.56 Å². The summed E-state index contributed by atoms with van der Waals surface area (Å²) in [4.78, 5) is 0. The molecule has 2 aromatic rings. The number of aliphatic hydroxyl groups excluding tert-OH is 1. The molecule has 2 rings (SSSR count). The van der Waals surface area contributed by atoms with Crippen molar-refractivity contribution >= 4 is 39.7 Å². The number of halogens is 2. The van der Waals surface area contributed by atoms with Gasteiger partial charge >= 0.3 is 0 Å². The average Bonchev–Trinajstić information content (AvgIpc) is 2.49. The fourth-order valence-corrected chi connectivity index (χ4v) is 2.67. The minimum atomic E-state index is -0.0996. The van der Waals surface area contributed by atoms with E-state index < -0.39 is 0 Å². The van der Waals surface area contributed by atoms with Crippen molar-refractivity contribution in [3.05, 3.63) is 62.1 Å². The van der Waals surface area contributed by atoms with E-state index in [4.69, 9.17) is 16.3 Å². The Morgan fingerprint density at radius 2 is 1.95 bits per heavy atom. The van der Waals surface area contributed by atoms with Crippen molar-refractivity contribution in [3.8, 4) is 5.75 Å². The highest BCUT2D eigenvalue weighted by Gasteiger charge is 2.07. The molecule has 0 amide bonds. The minimum Gasteiger partial charge on any atom is -0.496 e. The van der Waals surface area contributed by atoms with Gasteiger partial charge in [-0.25, -0.2) is 0 Å². The Kier molecular flexibility index (Phi) is 5.45. The third-order valence-corrected chi connectivity index (χ3v) is 4.51. The van der Waals surface area contributed by atoms with Crippen molar-refractivity contribution in [1.82, 2.24) is 0 Å². The van der Waals surface area contributed by atoms with Crippen molar-refractivity contribution in [1.29, 1.82) is 0 Å². The summed E-state index contributed by atoms with van der Waals surface area (Å²) < 4.78 is 6.34. The zero-order valence-corrected chi connectivity index (χ0v) is 14.2. The quantitative estimate of drug-likeness (QED) is 0.763. The molecule has 0 spiro atoms. The van der Waals surface area contributed by atoms with Crippen LogP contribution in [0.25, 0.3) is 12.2 Å². The first-order chi connectivity index (χ1) is 10.1. The van der Waals surface area contributed by atoms with Crippen molar-refractivity contribution in [2.24, 2.45) is 0 Å². The molecular formula is C17H16BrClO2. The van der Waals surface area contributed by atoms with Crippen LogP contribution in [0.1, 0.15) is 22.3 Å². The summed E-state index contributed by atoms with van der Waals surface area (Å²) in [5.74, 6) is 0.632. The second-order valence-corrected chi connectivity index (χ2v) is 5.89. The lowest BCUT2D eigenvalue weighted by Gasteiger charge is -2.09. The molecule has 0 heterocycles. The zero-order chi connectivity index (χ0) is 15.4. The second kappa shape index (κ2) is 7.12. The Balaban J connectivity index is 2.39. The van der Waals surface area contributed by atoms with Crippen LogP contribution in [-0.4, -0.2) is 12.2 Å². The topological polar surface area (TPSA) is 29.5 Å². The van der Waals surface area contributed by atoms with Gasteiger partial charge in [-0.1, -0.05) is 51.8 Å². The summed E-state index contributed by atoms with van der Waals surface area (Å²) in [6.07, 6.45) is 3.96. The number of hydrogen-bond acceptors (Lipinski definition) is 2. The van der Waals surface area contributed by atoms with E-state index in [-0.39, 0.29) is 6.61 Å². The molecule has 2 aromatic carbocycles. The lowest BCUT2D eigenvalue weighted by atomic mass is 10.1. The van der Waals surface area contributed by atoms with Gasteiger partial charge in [0.2, 0.25) is 0 Å². The molecule has 4 heteroatoms. The van der Waals surface area contributed by atoms with Gasteiger partial charge in [0.1, 0.15) is 5.75 Å². The van der Waals surface area contributed by atoms with Gasteiger partial charge in [-0.05, 0) is 41.8 Å². The van der Waals surface area contributed by atoms with Crippen molar-refractivity contribution in [3.63, 3.8) is 0 Å². The van der Waals surface area contributed by atoms with Gasteiger partial charge in [0.15, 0.2) is 0 Å². The van der Waals surface area contributed by atoms with Crippen LogP contribution >= 0.6 is 27.5 Å². The van der Waals surface area contributed by atoms with Crippen LogP contribution < -0.4 is 4.74 Å². The molecular weight excluding hydrogens is 352 g/mol. The molecule has 2 nitrogen and oxygen atoms in total. The van der Waals surface area contributed by atoms with E-state index in [1.807, 2.05) is 36.4 Å². The van der Waals surface area contributed by atoms with Crippen LogP contribution in [-0.2, 0) is 6.61 Å². The number of aliphatic hydroxyl groups is 1. The summed E-state index contributed by atoms with van der Waals surface area (Å²) in [5, 5.41) is 9.86. The Morgan fingerprint density at radius 1 is 1.24 bits per heavy atom. The van der Waals surface area contributed by atoms with Crippen molar-refractivity contribution < 1.29 is 9.84 Å². The van der Waals surface area contributed by atoms with E-state index in [1.54, 1.807) is 13.2 Å². The molecule has 0 aromatic heterocycles. The number of hydrogen-bond donors (Lipinski definition) is 1. The maximum absolute atomic E-state index is 9.28. The first-order valence-electron chi connectivity index (χ1n) is 6.47. The molecule has 21 heavy (non-hydrogen) atoms. The Labute approximate surface area is 138 Å². The summed E-state index contributed by atoms with van der Waals surface area (Å²) in [6, 6.07) is 9.61. The average molecular weight is 368 g/mol. The van der Waals surface area contributed by atoms with E-state index in [0.29, 0.717) is 16.3 Å². The molecule has 0 aliphatic rings. The Hall–Kier alpha value is -1.29. The van der Waals surface area contributed by atoms with Crippen molar-refractivity contribution in [2.75, 3.05) is 7.11 Å². The number of benzene rings is 2. The molecule has 0 radical (unpaired) electrons. The standard InChI is InChI=1S/C17H16BrClO2/c1-11-12(4-3-5-15(11)18)6-7-13-9-17(21-2)14(10-20)8-16(13)19/h3-9,20H,10H2,1-2H3. The minimum absolute atomic E-state index is 0.0996. The highest BCUT2D eigenvalue weighted by Crippen LogP contribution is 2.29. The van der Waals surface area contributed by atoms with E-state index in [0.717, 1.165) is 15.6 Å². The summed E-state index contributed by atoms with van der Waals surface area (Å²) in [5.41, 5.74) is 3.82. The first-order valence-corrected chi connectivity index (χ1v) is 7.64. The SMILES string of the molecule is COc1cc(C=Cc2cccc(Br)c2C)c(Cl)cc1CO. The second-order valence-electron chi connectivity index (χ2n) is 4.63. The predicted octanol–water partition coefficient (Wildman–Crippen LogP) is 5.08. The Morgan fingerprint density at radius 3 is 2.62 bits per heavy atom. The summed E-state index contributed by atoms with van der Waals surface area (Å²) >= 11 is 9.77. The van der Waals surface area contributed by atoms with Crippen LogP contribution in [0.2, 0.25) is 5.02 Å². The van der Waals surface area contributed by atoms with Gasteiger partial charge in [-0.2, -0.15) is 0 Å². The molecule has 0 bridgehead atoms. The first kappa shape index (κ1) is 16.1. The number of methoxy groups -OCH3 is 1. The molecule has 0 unspecified atom stereocenters. The molecule has 1 N–H and O–H groups in total. The maximum atomic E-state index is 9.28. The van der Waals surface area contributed by atoms with Crippen LogP contribution in [0.4, 0.5) is 0 Å². The van der Waals surface area contributed by atoms with Gasteiger partial charge in [-0.15, -0.1) is 0 Å². The summed E-state index contributed by atoms with van der Waals surface area (Å²) in [7, 11) is 1.58. The van der Waals surface area contributed by atoms with Gasteiger partial charge in [-0.3, -0.25) is 0 Å². The molecule has 110 valence electrons. The molecule has 0 atom stereocenters. The number of ether oxygens (including phenoxy) is 1. The van der Waals surface area contributed by atoms with Crippen LogP contribution in [0.3, 0.4) is 0 Å². The zero-order valence-electron chi connectivity index (χ0n) is 11.9. The van der Waals surface area contributed by atoms with Crippen molar-refractivity contribution in [2.45, 2.75) is 13.5 Å². The molecule has 0 saturated carbocycles.